The summed E-state index contributed by atoms with van der Waals surface area (Å²) in [7, 11) is 0. The molecule has 0 N–H and O–H groups in total. The third-order valence-electron chi connectivity index (χ3n) is 4.00. The Labute approximate surface area is 141 Å². The molecule has 0 radical (unpaired) electrons. The van der Waals surface area contributed by atoms with Crippen LogP contribution in [0, 0.1) is 0 Å². The van der Waals surface area contributed by atoms with Crippen molar-refractivity contribution in [2.45, 2.75) is 31.2 Å². The van der Waals surface area contributed by atoms with Gasteiger partial charge >= 0.3 is 6.09 Å². The third-order valence-corrected chi connectivity index (χ3v) is 4.19. The molecule has 10 heteroatoms. The standard InChI is InChI=1S/C14H15ClF2N4O3/c15-12-18-5-10(6-19-12)24-13(23)20-7-9(4-14(16,17)8-20)21-3-1-2-11(21)22/h5-6,9H,1-4,7-8H2/t9-/m1/s1. The number of likely N-dealkylation sites (tertiary alicyclic amines) is 2. The summed E-state index contributed by atoms with van der Waals surface area (Å²) in [6, 6.07) is -0.710. The third kappa shape index (κ3) is 3.72. The van der Waals surface area contributed by atoms with Crippen LogP contribution in [0.2, 0.25) is 5.28 Å². The van der Waals surface area contributed by atoms with Crippen molar-refractivity contribution in [2.75, 3.05) is 19.6 Å². The van der Waals surface area contributed by atoms with Gasteiger partial charge in [-0.2, -0.15) is 0 Å². The van der Waals surface area contributed by atoms with Gasteiger partial charge < -0.3 is 9.64 Å². The molecule has 2 amide bonds. The van der Waals surface area contributed by atoms with Crippen LogP contribution in [0.4, 0.5) is 13.6 Å². The van der Waals surface area contributed by atoms with Crippen molar-refractivity contribution in [3.8, 4) is 5.75 Å². The lowest BCUT2D eigenvalue weighted by Gasteiger charge is -2.40. The van der Waals surface area contributed by atoms with Crippen molar-refractivity contribution in [3.05, 3.63) is 17.7 Å². The molecule has 0 aromatic carbocycles. The van der Waals surface area contributed by atoms with Gasteiger partial charge in [-0.3, -0.25) is 9.69 Å². The Morgan fingerprint density at radius 3 is 2.71 bits per heavy atom. The molecule has 2 fully saturated rings. The fourth-order valence-corrected chi connectivity index (χ4v) is 3.09. The highest BCUT2D eigenvalue weighted by atomic mass is 35.5. The maximum Gasteiger partial charge on any atom is 0.415 e. The van der Waals surface area contributed by atoms with Crippen LogP contribution in [0.3, 0.4) is 0 Å². The largest absolute Gasteiger partial charge is 0.415 e. The van der Waals surface area contributed by atoms with Gasteiger partial charge in [-0.15, -0.1) is 0 Å². The molecular formula is C14H15ClF2N4O3. The first-order chi connectivity index (χ1) is 11.3. The lowest BCUT2D eigenvalue weighted by molar-refractivity contribution is -0.135. The van der Waals surface area contributed by atoms with Crippen LogP contribution < -0.4 is 4.74 Å². The Bertz CT molecular complexity index is 643. The molecule has 1 atom stereocenters. The number of ether oxygens (including phenoxy) is 1. The summed E-state index contributed by atoms with van der Waals surface area (Å²) in [5.74, 6) is -3.23. The molecule has 2 aliphatic rings. The minimum absolute atomic E-state index is 0.00656. The maximum atomic E-state index is 14.0. The number of nitrogens with zero attached hydrogens (tertiary/aromatic N) is 4. The van der Waals surface area contributed by atoms with Gasteiger partial charge in [0.25, 0.3) is 5.92 Å². The first kappa shape index (κ1) is 16.8. The molecule has 0 aliphatic carbocycles. The molecule has 0 saturated carbocycles. The molecule has 2 aliphatic heterocycles. The number of hydrogen-bond acceptors (Lipinski definition) is 5. The molecular weight excluding hydrogens is 346 g/mol. The van der Waals surface area contributed by atoms with E-state index >= 15 is 0 Å². The van der Waals surface area contributed by atoms with E-state index < -0.39 is 31.0 Å². The number of amides is 2. The first-order valence-corrected chi connectivity index (χ1v) is 7.83. The Hall–Kier alpha value is -2.03. The predicted molar refractivity (Wildman–Crippen MR) is 78.9 cm³/mol. The van der Waals surface area contributed by atoms with Crippen molar-refractivity contribution in [2.24, 2.45) is 0 Å². The summed E-state index contributed by atoms with van der Waals surface area (Å²) in [5, 5.41) is -0.0214. The predicted octanol–water partition coefficient (Wildman–Crippen LogP) is 1.96. The van der Waals surface area contributed by atoms with Crippen molar-refractivity contribution >= 4 is 23.6 Å². The van der Waals surface area contributed by atoms with Crippen molar-refractivity contribution in [1.82, 2.24) is 19.8 Å². The Morgan fingerprint density at radius 2 is 2.08 bits per heavy atom. The van der Waals surface area contributed by atoms with E-state index in [1.807, 2.05) is 0 Å². The lowest BCUT2D eigenvalue weighted by atomic mass is 10.0. The fourth-order valence-electron chi connectivity index (χ4n) is 2.99. The zero-order valence-corrected chi connectivity index (χ0v) is 13.4. The van der Waals surface area contributed by atoms with E-state index in [0.29, 0.717) is 19.4 Å². The van der Waals surface area contributed by atoms with E-state index in [1.165, 1.54) is 17.3 Å². The minimum atomic E-state index is -3.08. The van der Waals surface area contributed by atoms with Gasteiger partial charge in [0.1, 0.15) is 0 Å². The minimum Gasteiger partial charge on any atom is -0.407 e. The fraction of sp³-hybridized carbons (Fsp3) is 0.571. The second kappa shape index (κ2) is 6.46. The number of halogens is 3. The van der Waals surface area contributed by atoms with Crippen LogP contribution in [-0.4, -0.2) is 63.4 Å². The summed E-state index contributed by atoms with van der Waals surface area (Å²) >= 11 is 5.53. The molecule has 1 aromatic rings. The van der Waals surface area contributed by atoms with Crippen molar-refractivity contribution in [3.63, 3.8) is 0 Å². The highest BCUT2D eigenvalue weighted by molar-refractivity contribution is 6.28. The van der Waals surface area contributed by atoms with E-state index in [4.69, 9.17) is 16.3 Å². The molecule has 24 heavy (non-hydrogen) atoms. The molecule has 0 spiro atoms. The van der Waals surface area contributed by atoms with Crippen LogP contribution in [0.1, 0.15) is 19.3 Å². The quantitative estimate of drug-likeness (QED) is 0.754. The van der Waals surface area contributed by atoms with E-state index in [2.05, 4.69) is 9.97 Å². The second-order valence-electron chi connectivity index (χ2n) is 5.84. The molecule has 7 nitrogen and oxygen atoms in total. The number of carbonyl (C=O) groups is 2. The monoisotopic (exact) mass is 360 g/mol. The molecule has 3 rings (SSSR count). The summed E-state index contributed by atoms with van der Waals surface area (Å²) in [5.41, 5.74) is 0. The highest BCUT2D eigenvalue weighted by Crippen LogP contribution is 2.31. The zero-order chi connectivity index (χ0) is 17.3. The Kier molecular flexibility index (Phi) is 4.53. The maximum absolute atomic E-state index is 14.0. The second-order valence-corrected chi connectivity index (χ2v) is 6.18. The van der Waals surface area contributed by atoms with E-state index in [1.54, 1.807) is 0 Å². The molecule has 130 valence electrons. The van der Waals surface area contributed by atoms with Crippen LogP contribution in [0.25, 0.3) is 0 Å². The van der Waals surface area contributed by atoms with Gasteiger partial charge in [-0.25, -0.2) is 23.5 Å². The van der Waals surface area contributed by atoms with Gasteiger partial charge in [0, 0.05) is 25.9 Å². The SMILES string of the molecule is O=C(Oc1cnc(Cl)nc1)N1C[C@H](N2CCCC2=O)CC(F)(F)C1. The van der Waals surface area contributed by atoms with Crippen molar-refractivity contribution in [1.29, 1.82) is 0 Å². The number of carbonyl (C=O) groups excluding carboxylic acids is 2. The normalized spacial score (nSPS) is 23.5. The topological polar surface area (TPSA) is 75.6 Å². The average Bonchev–Trinajstić information content (AvgIpc) is 2.94. The van der Waals surface area contributed by atoms with Crippen LogP contribution in [0.15, 0.2) is 12.4 Å². The molecule has 0 unspecified atom stereocenters. The molecule has 1 aromatic heterocycles. The van der Waals surface area contributed by atoms with Gasteiger partial charge in [0.2, 0.25) is 11.2 Å². The Balaban J connectivity index is 1.70. The van der Waals surface area contributed by atoms with Gasteiger partial charge in [-0.05, 0) is 18.0 Å². The number of rotatable bonds is 2. The average molecular weight is 361 g/mol. The van der Waals surface area contributed by atoms with E-state index in [9.17, 15) is 18.4 Å². The summed E-state index contributed by atoms with van der Waals surface area (Å²) < 4.78 is 33.0. The van der Waals surface area contributed by atoms with Crippen LogP contribution in [0.5, 0.6) is 5.75 Å². The Morgan fingerprint density at radius 1 is 1.38 bits per heavy atom. The van der Waals surface area contributed by atoms with E-state index in [0.717, 1.165) is 4.90 Å². The van der Waals surface area contributed by atoms with Gasteiger partial charge in [0.05, 0.1) is 25.0 Å². The first-order valence-electron chi connectivity index (χ1n) is 7.46. The van der Waals surface area contributed by atoms with Gasteiger partial charge in [0.15, 0.2) is 5.75 Å². The zero-order valence-electron chi connectivity index (χ0n) is 12.6. The van der Waals surface area contributed by atoms with Gasteiger partial charge in [-0.1, -0.05) is 0 Å². The lowest BCUT2D eigenvalue weighted by Crippen LogP contribution is -2.57. The molecule has 0 bridgehead atoms. The molecule has 3 heterocycles. The highest BCUT2D eigenvalue weighted by Gasteiger charge is 2.46. The number of hydrogen-bond donors (Lipinski definition) is 0. The van der Waals surface area contributed by atoms with Crippen molar-refractivity contribution < 1.29 is 23.1 Å². The number of alkyl halides is 2. The molecule has 2 saturated heterocycles. The van der Waals surface area contributed by atoms with Crippen LogP contribution in [-0.2, 0) is 4.79 Å². The number of piperidine rings is 1. The number of aromatic nitrogens is 2. The smallest absolute Gasteiger partial charge is 0.407 e. The summed E-state index contributed by atoms with van der Waals surface area (Å²) in [6.07, 6.45) is 1.97. The summed E-state index contributed by atoms with van der Waals surface area (Å²) in [4.78, 5) is 33.6. The van der Waals surface area contributed by atoms with Crippen LogP contribution >= 0.6 is 11.6 Å². The summed E-state index contributed by atoms with van der Waals surface area (Å²) in [6.45, 7) is -0.305. The van der Waals surface area contributed by atoms with E-state index in [-0.39, 0.29) is 23.5 Å².